The third kappa shape index (κ3) is 5.32. The average molecular weight is 402 g/mol. The molecule has 1 saturated heterocycles. The summed E-state index contributed by atoms with van der Waals surface area (Å²) in [7, 11) is 1.35. The summed E-state index contributed by atoms with van der Waals surface area (Å²) in [4.78, 5) is 31.2. The average Bonchev–Trinajstić information content (AvgIpc) is 2.72. The van der Waals surface area contributed by atoms with Gasteiger partial charge in [-0.1, -0.05) is 12.1 Å². The van der Waals surface area contributed by atoms with Gasteiger partial charge in [-0.2, -0.15) is 0 Å². The van der Waals surface area contributed by atoms with Gasteiger partial charge in [0.25, 0.3) is 0 Å². The largest absolute Gasteiger partial charge is 0.453 e. The molecule has 10 heteroatoms. The molecule has 3 rings (SSSR count). The number of carbonyl (C=O) groups excluding carboxylic acids is 2. The van der Waals surface area contributed by atoms with Crippen LogP contribution in [0.15, 0.2) is 36.5 Å². The molecule has 154 valence electrons. The van der Waals surface area contributed by atoms with Gasteiger partial charge in [-0.25, -0.2) is 19.0 Å². The maximum absolute atomic E-state index is 14.9. The number of nitrogens with zero attached hydrogens (tertiary/aromatic N) is 3. The van der Waals surface area contributed by atoms with Crippen LogP contribution in [0, 0.1) is 5.82 Å². The second kappa shape index (κ2) is 9.20. The first-order valence-electron chi connectivity index (χ1n) is 9.08. The molecule has 1 aliphatic rings. The first kappa shape index (κ1) is 20.3. The fourth-order valence-electron chi connectivity index (χ4n) is 3.02. The summed E-state index contributed by atoms with van der Waals surface area (Å²) in [6, 6.07) is 7.42. The molecule has 2 heterocycles. The number of aromatic nitrogens is 1. The molecule has 9 nitrogen and oxygen atoms in total. The summed E-state index contributed by atoms with van der Waals surface area (Å²) < 4.78 is 19.6. The summed E-state index contributed by atoms with van der Waals surface area (Å²) in [5.74, 6) is -0.157. The zero-order chi connectivity index (χ0) is 20.8. The molecule has 0 aliphatic carbocycles. The summed E-state index contributed by atoms with van der Waals surface area (Å²) in [5, 5.41) is 5.08. The number of nitrogens with two attached hydrogens (primary N) is 1. The van der Waals surface area contributed by atoms with E-state index in [1.807, 2.05) is 4.90 Å². The minimum atomic E-state index is -0.584. The van der Waals surface area contributed by atoms with E-state index in [2.05, 4.69) is 15.6 Å². The van der Waals surface area contributed by atoms with Crippen LogP contribution in [0.5, 0.6) is 0 Å². The van der Waals surface area contributed by atoms with E-state index in [-0.39, 0.29) is 11.8 Å². The Bertz CT molecular complexity index is 869. The van der Waals surface area contributed by atoms with Crippen LogP contribution < -0.4 is 16.4 Å². The van der Waals surface area contributed by atoms with Crippen LogP contribution in [0.25, 0.3) is 0 Å². The Balaban J connectivity index is 1.58. The van der Waals surface area contributed by atoms with E-state index in [0.717, 1.165) is 0 Å². The van der Waals surface area contributed by atoms with Crippen molar-refractivity contribution in [3.8, 4) is 0 Å². The number of hydrogen-bond acceptors (Lipinski definition) is 6. The molecule has 0 unspecified atom stereocenters. The molecule has 0 bridgehead atoms. The van der Waals surface area contributed by atoms with Gasteiger partial charge in [0.2, 0.25) is 0 Å². The topological polar surface area (TPSA) is 113 Å². The molecule has 0 atom stereocenters. The number of urea groups is 1. The Labute approximate surface area is 167 Å². The van der Waals surface area contributed by atoms with Crippen molar-refractivity contribution >= 4 is 29.3 Å². The number of methoxy groups -OCH3 is 1. The Morgan fingerprint density at radius 1 is 1.17 bits per heavy atom. The molecule has 0 spiro atoms. The second-order valence-corrected chi connectivity index (χ2v) is 6.56. The molecular weight excluding hydrogens is 379 g/mol. The number of rotatable bonds is 4. The van der Waals surface area contributed by atoms with Crippen molar-refractivity contribution in [1.82, 2.24) is 14.8 Å². The van der Waals surface area contributed by atoms with E-state index in [9.17, 15) is 14.0 Å². The van der Waals surface area contributed by atoms with Gasteiger partial charge in [0.1, 0.15) is 5.82 Å². The zero-order valence-corrected chi connectivity index (χ0v) is 16.0. The molecular formula is C19H23FN6O3. The molecule has 1 aromatic carbocycles. The Morgan fingerprint density at radius 3 is 2.59 bits per heavy atom. The smallest absolute Gasteiger partial charge is 0.409 e. The molecule has 1 aromatic heterocycles. The lowest BCUT2D eigenvalue weighted by Gasteiger charge is -2.33. The van der Waals surface area contributed by atoms with Gasteiger partial charge in [-0.3, -0.25) is 4.90 Å². The summed E-state index contributed by atoms with van der Waals surface area (Å²) in [6.45, 7) is 2.63. The minimum absolute atomic E-state index is 0.0802. The zero-order valence-electron chi connectivity index (χ0n) is 16.0. The highest BCUT2D eigenvalue weighted by atomic mass is 19.1. The molecule has 29 heavy (non-hydrogen) atoms. The van der Waals surface area contributed by atoms with Crippen LogP contribution in [-0.2, 0) is 11.3 Å². The lowest BCUT2D eigenvalue weighted by molar-refractivity contribution is 0.0885. The number of pyridine rings is 1. The number of piperazine rings is 1. The highest BCUT2D eigenvalue weighted by Crippen LogP contribution is 2.21. The predicted molar refractivity (Wildman–Crippen MR) is 107 cm³/mol. The minimum Gasteiger partial charge on any atom is -0.453 e. The van der Waals surface area contributed by atoms with E-state index in [4.69, 9.17) is 10.5 Å². The molecule has 0 radical (unpaired) electrons. The van der Waals surface area contributed by atoms with Crippen molar-refractivity contribution in [3.05, 3.63) is 47.9 Å². The van der Waals surface area contributed by atoms with Crippen LogP contribution in [0.2, 0.25) is 0 Å². The summed E-state index contributed by atoms with van der Waals surface area (Å²) >= 11 is 0. The van der Waals surface area contributed by atoms with Crippen molar-refractivity contribution in [1.29, 1.82) is 0 Å². The first-order valence-corrected chi connectivity index (χ1v) is 9.08. The van der Waals surface area contributed by atoms with Crippen LogP contribution in [-0.4, -0.2) is 60.2 Å². The molecule has 4 N–H and O–H groups in total. The highest BCUT2D eigenvalue weighted by molar-refractivity contribution is 5.99. The van der Waals surface area contributed by atoms with Gasteiger partial charge in [-0.05, 0) is 18.2 Å². The fourth-order valence-corrected chi connectivity index (χ4v) is 3.02. The fraction of sp³-hybridized carbons (Fsp3) is 0.316. The second-order valence-electron chi connectivity index (χ2n) is 6.56. The van der Waals surface area contributed by atoms with Gasteiger partial charge < -0.3 is 26.0 Å². The summed E-state index contributed by atoms with van der Waals surface area (Å²) in [5.41, 5.74) is 6.49. The lowest BCUT2D eigenvalue weighted by atomic mass is 10.1. The molecule has 2 aromatic rings. The highest BCUT2D eigenvalue weighted by Gasteiger charge is 2.22. The summed E-state index contributed by atoms with van der Waals surface area (Å²) in [6.07, 6.45) is 1.06. The third-order valence-corrected chi connectivity index (χ3v) is 4.57. The number of amides is 3. The SMILES string of the molecule is COC(=O)N1CCN(Cc2cccc(NC(=O)Nc3ccc(N)nc3)c2F)CC1. The molecule has 3 amide bonds. The third-order valence-electron chi connectivity index (χ3n) is 4.57. The Hall–Kier alpha value is -3.40. The van der Waals surface area contributed by atoms with Crippen molar-refractivity contribution in [2.24, 2.45) is 0 Å². The van der Waals surface area contributed by atoms with E-state index in [0.29, 0.717) is 49.8 Å². The van der Waals surface area contributed by atoms with Crippen molar-refractivity contribution in [2.45, 2.75) is 6.54 Å². The number of benzene rings is 1. The van der Waals surface area contributed by atoms with Gasteiger partial charge in [0.15, 0.2) is 5.82 Å². The number of ether oxygens (including phenoxy) is 1. The van der Waals surface area contributed by atoms with E-state index < -0.39 is 11.8 Å². The Kier molecular flexibility index (Phi) is 6.45. The molecule has 0 saturated carbocycles. The van der Waals surface area contributed by atoms with Gasteiger partial charge in [-0.15, -0.1) is 0 Å². The van der Waals surface area contributed by atoms with Crippen LogP contribution in [0.1, 0.15) is 5.56 Å². The number of anilines is 3. The monoisotopic (exact) mass is 402 g/mol. The van der Waals surface area contributed by atoms with E-state index in [1.54, 1.807) is 29.2 Å². The number of carbonyl (C=O) groups is 2. The van der Waals surface area contributed by atoms with Crippen LogP contribution in [0.4, 0.5) is 31.2 Å². The lowest BCUT2D eigenvalue weighted by Crippen LogP contribution is -2.48. The normalized spacial score (nSPS) is 14.3. The van der Waals surface area contributed by atoms with Gasteiger partial charge in [0, 0.05) is 38.3 Å². The van der Waals surface area contributed by atoms with E-state index in [1.165, 1.54) is 19.4 Å². The maximum atomic E-state index is 14.9. The predicted octanol–water partition coefficient (Wildman–Crippen LogP) is 2.33. The molecule has 1 aliphatic heterocycles. The van der Waals surface area contributed by atoms with Crippen molar-refractivity contribution in [3.63, 3.8) is 0 Å². The quantitative estimate of drug-likeness (QED) is 0.724. The number of nitrogens with one attached hydrogen (secondary N) is 2. The Morgan fingerprint density at radius 2 is 1.93 bits per heavy atom. The van der Waals surface area contributed by atoms with Gasteiger partial charge in [0.05, 0.1) is 24.7 Å². The molecule has 1 fully saturated rings. The van der Waals surface area contributed by atoms with Crippen molar-refractivity contribution < 1.29 is 18.7 Å². The van der Waals surface area contributed by atoms with Crippen molar-refractivity contribution in [2.75, 3.05) is 49.7 Å². The maximum Gasteiger partial charge on any atom is 0.409 e. The first-order chi connectivity index (χ1) is 14.0. The van der Waals surface area contributed by atoms with Crippen LogP contribution >= 0.6 is 0 Å². The van der Waals surface area contributed by atoms with E-state index >= 15 is 0 Å². The number of nitrogen functional groups attached to an aromatic ring is 1. The van der Waals surface area contributed by atoms with Gasteiger partial charge >= 0.3 is 12.1 Å². The number of halogens is 1. The van der Waals surface area contributed by atoms with Crippen LogP contribution in [0.3, 0.4) is 0 Å². The standard InChI is InChI=1S/C19H23FN6O3/c1-29-19(28)26-9-7-25(8-10-26)12-13-3-2-4-15(17(13)20)24-18(27)23-14-5-6-16(21)22-11-14/h2-6,11H,7-10,12H2,1H3,(H2,21,22)(H2,23,24,27). The number of hydrogen-bond donors (Lipinski definition) is 3.